The van der Waals surface area contributed by atoms with Crippen LogP contribution < -0.4 is 4.90 Å². The number of halogens is 1. The van der Waals surface area contributed by atoms with E-state index in [1.165, 1.54) is 12.1 Å². The van der Waals surface area contributed by atoms with Gasteiger partial charge in [0.2, 0.25) is 0 Å². The van der Waals surface area contributed by atoms with Crippen molar-refractivity contribution < 1.29 is 13.2 Å². The van der Waals surface area contributed by atoms with Gasteiger partial charge in [-0.25, -0.2) is 8.42 Å². The van der Waals surface area contributed by atoms with E-state index in [0.717, 1.165) is 6.26 Å². The molecule has 1 amide bonds. The molecule has 6 heteroatoms. The quantitative estimate of drug-likeness (QED) is 0.841. The van der Waals surface area contributed by atoms with E-state index in [0.29, 0.717) is 16.3 Å². The lowest BCUT2D eigenvalue weighted by Crippen LogP contribution is -2.37. The Bertz CT molecular complexity index is 814. The van der Waals surface area contributed by atoms with Crippen LogP contribution >= 0.6 is 11.6 Å². The van der Waals surface area contributed by atoms with Gasteiger partial charge in [-0.3, -0.25) is 4.79 Å². The van der Waals surface area contributed by atoms with Crippen LogP contribution in [-0.2, 0) is 9.84 Å². The van der Waals surface area contributed by atoms with Gasteiger partial charge in [0.15, 0.2) is 9.84 Å². The molecule has 2 rings (SSSR count). The third-order valence-corrected chi connectivity index (χ3v) is 4.84. The van der Waals surface area contributed by atoms with Gasteiger partial charge in [-0.1, -0.05) is 23.7 Å². The second kappa shape index (κ2) is 6.72. The average Bonchev–Trinajstić information content (AvgIpc) is 2.47. The number of benzene rings is 2. The number of sulfone groups is 1. The maximum Gasteiger partial charge on any atom is 0.260 e. The fraction of sp³-hybridized carbons (Fsp3) is 0.235. The molecule has 0 saturated carbocycles. The van der Waals surface area contributed by atoms with Crippen molar-refractivity contribution in [3.05, 3.63) is 59.1 Å². The Morgan fingerprint density at radius 3 is 2.09 bits per heavy atom. The maximum atomic E-state index is 12.8. The van der Waals surface area contributed by atoms with Crippen LogP contribution in [0.25, 0.3) is 0 Å². The maximum absolute atomic E-state index is 12.8. The molecule has 2 aromatic carbocycles. The molecule has 0 unspecified atom stereocenters. The second-order valence-electron chi connectivity index (χ2n) is 5.51. The van der Waals surface area contributed by atoms with E-state index in [4.69, 9.17) is 11.6 Å². The van der Waals surface area contributed by atoms with Gasteiger partial charge in [0.1, 0.15) is 0 Å². The van der Waals surface area contributed by atoms with Gasteiger partial charge in [-0.05, 0) is 50.2 Å². The molecule has 0 fully saturated rings. The highest BCUT2D eigenvalue weighted by molar-refractivity contribution is 7.90. The molecule has 0 N–H and O–H groups in total. The lowest BCUT2D eigenvalue weighted by atomic mass is 10.1. The summed E-state index contributed by atoms with van der Waals surface area (Å²) in [5, 5.41) is 0.385. The lowest BCUT2D eigenvalue weighted by molar-refractivity contribution is 0.0980. The molecule has 122 valence electrons. The van der Waals surface area contributed by atoms with Crippen molar-refractivity contribution in [1.29, 1.82) is 0 Å². The summed E-state index contributed by atoms with van der Waals surface area (Å²) < 4.78 is 23.1. The molecule has 0 heterocycles. The molecule has 0 atom stereocenters. The van der Waals surface area contributed by atoms with Gasteiger partial charge in [-0.2, -0.15) is 0 Å². The Balaban J connectivity index is 2.43. The van der Waals surface area contributed by atoms with Crippen molar-refractivity contribution >= 4 is 33.0 Å². The third-order valence-electron chi connectivity index (χ3n) is 3.38. The van der Waals surface area contributed by atoms with E-state index in [1.54, 1.807) is 41.3 Å². The summed E-state index contributed by atoms with van der Waals surface area (Å²) in [6.45, 7) is 3.78. The molecule has 0 saturated heterocycles. The van der Waals surface area contributed by atoms with E-state index < -0.39 is 9.84 Å². The van der Waals surface area contributed by atoms with Gasteiger partial charge < -0.3 is 4.90 Å². The van der Waals surface area contributed by atoms with E-state index >= 15 is 0 Å². The first-order valence-corrected chi connectivity index (χ1v) is 9.37. The largest absolute Gasteiger partial charge is 0.306 e. The van der Waals surface area contributed by atoms with Crippen LogP contribution in [0.4, 0.5) is 5.69 Å². The zero-order chi connectivity index (χ0) is 17.2. The van der Waals surface area contributed by atoms with Crippen LogP contribution in [0.15, 0.2) is 53.4 Å². The highest BCUT2D eigenvalue weighted by Gasteiger charge is 2.22. The van der Waals surface area contributed by atoms with E-state index in [1.807, 2.05) is 13.8 Å². The summed E-state index contributed by atoms with van der Waals surface area (Å²) in [5.41, 5.74) is 1.03. The summed E-state index contributed by atoms with van der Waals surface area (Å²) in [6, 6.07) is 13.0. The number of hydrogen-bond acceptors (Lipinski definition) is 3. The van der Waals surface area contributed by atoms with Crippen LogP contribution in [0.5, 0.6) is 0 Å². The first kappa shape index (κ1) is 17.5. The van der Waals surface area contributed by atoms with Crippen molar-refractivity contribution in [3.63, 3.8) is 0 Å². The smallest absolute Gasteiger partial charge is 0.260 e. The second-order valence-corrected chi connectivity index (χ2v) is 7.94. The van der Waals surface area contributed by atoms with Crippen molar-refractivity contribution in [1.82, 2.24) is 0 Å². The van der Waals surface area contributed by atoms with Crippen molar-refractivity contribution in [3.8, 4) is 0 Å². The average molecular weight is 352 g/mol. The van der Waals surface area contributed by atoms with Crippen molar-refractivity contribution in [2.75, 3.05) is 11.2 Å². The molecule has 0 aromatic heterocycles. The monoisotopic (exact) mass is 351 g/mol. The summed E-state index contributed by atoms with van der Waals surface area (Å²) in [4.78, 5) is 14.6. The third kappa shape index (κ3) is 3.92. The fourth-order valence-corrected chi connectivity index (χ4v) is 3.12. The number of nitrogens with zero attached hydrogens (tertiary/aromatic N) is 1. The summed E-state index contributed by atoms with van der Waals surface area (Å²) in [5.74, 6) is -0.224. The summed E-state index contributed by atoms with van der Waals surface area (Å²) in [6.07, 6.45) is 1.15. The predicted molar refractivity (Wildman–Crippen MR) is 92.9 cm³/mol. The minimum Gasteiger partial charge on any atom is -0.306 e. The SMILES string of the molecule is CC(C)N(C(=O)c1ccccc1Cl)c1ccc(S(C)(=O)=O)cc1. The Morgan fingerprint density at radius 1 is 1.04 bits per heavy atom. The molecule has 0 bridgehead atoms. The van der Waals surface area contributed by atoms with Gasteiger partial charge in [0, 0.05) is 18.0 Å². The molecule has 0 aliphatic heterocycles. The fourth-order valence-electron chi connectivity index (χ4n) is 2.27. The molecule has 0 aliphatic rings. The van der Waals surface area contributed by atoms with E-state index in [2.05, 4.69) is 0 Å². The summed E-state index contributed by atoms with van der Waals surface area (Å²) in [7, 11) is -3.27. The number of amides is 1. The van der Waals surface area contributed by atoms with Crippen molar-refractivity contribution in [2.24, 2.45) is 0 Å². The Hall–Kier alpha value is -1.85. The van der Waals surface area contributed by atoms with Crippen LogP contribution in [0.1, 0.15) is 24.2 Å². The zero-order valence-corrected chi connectivity index (χ0v) is 14.7. The molecule has 0 spiro atoms. The van der Waals surface area contributed by atoms with Crippen LogP contribution in [-0.4, -0.2) is 26.6 Å². The molecular weight excluding hydrogens is 334 g/mol. The standard InChI is InChI=1S/C17H18ClNO3S/c1-12(2)19(17(20)15-6-4-5-7-16(15)18)13-8-10-14(11-9-13)23(3,21)22/h4-12H,1-3H3. The van der Waals surface area contributed by atoms with E-state index in [-0.39, 0.29) is 16.8 Å². The predicted octanol–water partition coefficient (Wildman–Crippen LogP) is 3.80. The Labute approximate surface area is 141 Å². The number of hydrogen-bond donors (Lipinski definition) is 0. The summed E-state index contributed by atoms with van der Waals surface area (Å²) >= 11 is 6.11. The van der Waals surface area contributed by atoms with Crippen molar-refractivity contribution in [2.45, 2.75) is 24.8 Å². The molecule has 23 heavy (non-hydrogen) atoms. The number of rotatable bonds is 4. The number of carbonyl (C=O) groups excluding carboxylic acids is 1. The van der Waals surface area contributed by atoms with Crippen LogP contribution in [0.2, 0.25) is 5.02 Å². The topological polar surface area (TPSA) is 54.5 Å². The van der Waals surface area contributed by atoms with Gasteiger partial charge in [-0.15, -0.1) is 0 Å². The number of carbonyl (C=O) groups is 1. The normalized spacial score (nSPS) is 11.5. The highest BCUT2D eigenvalue weighted by Crippen LogP contribution is 2.25. The minimum absolute atomic E-state index is 0.108. The Morgan fingerprint density at radius 2 is 1.61 bits per heavy atom. The Kier molecular flexibility index (Phi) is 5.12. The van der Waals surface area contributed by atoms with Crippen LogP contribution in [0.3, 0.4) is 0 Å². The van der Waals surface area contributed by atoms with Crippen LogP contribution in [0, 0.1) is 0 Å². The molecular formula is C17H18ClNO3S. The van der Waals surface area contributed by atoms with Gasteiger partial charge in [0.25, 0.3) is 5.91 Å². The minimum atomic E-state index is -3.27. The number of anilines is 1. The molecule has 4 nitrogen and oxygen atoms in total. The zero-order valence-electron chi connectivity index (χ0n) is 13.2. The van der Waals surface area contributed by atoms with E-state index in [9.17, 15) is 13.2 Å². The molecule has 2 aromatic rings. The molecule has 0 radical (unpaired) electrons. The lowest BCUT2D eigenvalue weighted by Gasteiger charge is -2.27. The first-order valence-electron chi connectivity index (χ1n) is 7.10. The highest BCUT2D eigenvalue weighted by atomic mass is 35.5. The molecule has 0 aliphatic carbocycles. The first-order chi connectivity index (χ1) is 10.7. The van der Waals surface area contributed by atoms with Gasteiger partial charge >= 0.3 is 0 Å². The van der Waals surface area contributed by atoms with Gasteiger partial charge in [0.05, 0.1) is 15.5 Å².